The van der Waals surface area contributed by atoms with Gasteiger partial charge >= 0.3 is 16.2 Å². The number of rotatable bonds is 8. The average Bonchev–Trinajstić information content (AvgIpc) is 3.39. The molecule has 0 N–H and O–H groups in total. The zero-order valence-corrected chi connectivity index (χ0v) is 22.4. The fraction of sp³-hybridized carbons (Fsp3) is 0.720. The minimum atomic E-state index is -6.04. The molecular weight excluding hydrogens is 544 g/mol. The number of hydrogen-bond donors (Lipinski definition) is 0. The molecule has 0 radical (unpaired) electrons. The van der Waals surface area contributed by atoms with Crippen molar-refractivity contribution in [1.82, 2.24) is 0 Å². The second-order valence-electron chi connectivity index (χ2n) is 11.5. The molecule has 1 aromatic carbocycles. The van der Waals surface area contributed by atoms with E-state index in [4.69, 9.17) is 4.18 Å². The zero-order chi connectivity index (χ0) is 27.3. The number of hydrogen-bond acceptors (Lipinski definition) is 8. The first-order chi connectivity index (χ1) is 17.8. The molecule has 4 aliphatic carbocycles. The van der Waals surface area contributed by atoms with Crippen LogP contribution in [0.4, 0.5) is 14.5 Å². The summed E-state index contributed by atoms with van der Waals surface area (Å²) in [6.45, 7) is -0.208. The fourth-order valence-electron chi connectivity index (χ4n) is 7.29. The molecule has 2 heterocycles. The molecule has 4 bridgehead atoms. The molecule has 0 amide bonds. The lowest BCUT2D eigenvalue weighted by Crippen LogP contribution is -2.49. The Hall–Kier alpha value is -1.83. The van der Waals surface area contributed by atoms with Crippen LogP contribution in [0.25, 0.3) is 0 Å². The Bertz CT molecular complexity index is 1160. The normalized spacial score (nSPS) is 34.7. The van der Waals surface area contributed by atoms with Crippen LogP contribution in [0.15, 0.2) is 24.3 Å². The second kappa shape index (κ2) is 9.97. The Kier molecular flexibility index (Phi) is 7.28. The van der Waals surface area contributed by atoms with Crippen LogP contribution in [0.2, 0.25) is 0 Å². The molecule has 0 aromatic heterocycles. The number of ether oxygens (including phenoxy) is 1. The predicted molar refractivity (Wildman–Crippen MR) is 133 cm³/mol. The molecule has 9 nitrogen and oxygen atoms in total. The van der Waals surface area contributed by atoms with Crippen molar-refractivity contribution in [1.29, 1.82) is 0 Å². The van der Waals surface area contributed by atoms with Crippen molar-refractivity contribution in [3.8, 4) is 0 Å². The SMILES string of the molecule is O=C(OCC12CC3CC(CC(C3)C1)C2)C(F)(F)S(=O)(=O)[O-].O=[N+]([O-])c1ccc(CCC23CCC[S+]2O3)cc1. The molecule has 2 saturated heterocycles. The van der Waals surface area contributed by atoms with E-state index in [1.54, 1.807) is 12.1 Å². The third-order valence-corrected chi connectivity index (χ3v) is 11.8. The molecule has 2 atom stereocenters. The molecule has 6 fully saturated rings. The summed E-state index contributed by atoms with van der Waals surface area (Å²) in [5.74, 6) is 0.657. The van der Waals surface area contributed by atoms with Crippen molar-refractivity contribution in [3.63, 3.8) is 0 Å². The van der Waals surface area contributed by atoms with Crippen molar-refractivity contribution >= 4 is 33.0 Å². The van der Waals surface area contributed by atoms with Crippen LogP contribution in [-0.4, -0.2) is 46.4 Å². The van der Waals surface area contributed by atoms with E-state index in [9.17, 15) is 36.7 Å². The maximum Gasteiger partial charge on any atom is 0.428 e. The Morgan fingerprint density at radius 1 is 1.13 bits per heavy atom. The van der Waals surface area contributed by atoms with Gasteiger partial charge in [0.1, 0.15) is 5.75 Å². The number of esters is 1. The minimum Gasteiger partial charge on any atom is -0.743 e. The monoisotopic (exact) mass is 575 g/mol. The number of nitro groups is 1. The molecule has 4 saturated carbocycles. The number of halogens is 2. The second-order valence-corrected chi connectivity index (χ2v) is 15.0. The number of alkyl halides is 2. The Balaban J connectivity index is 0.000000158. The molecule has 210 valence electrons. The summed E-state index contributed by atoms with van der Waals surface area (Å²) in [5, 5.41) is 5.52. The Morgan fingerprint density at radius 3 is 2.16 bits per heavy atom. The highest BCUT2D eigenvalue weighted by Crippen LogP contribution is 2.60. The van der Waals surface area contributed by atoms with E-state index in [0.29, 0.717) is 17.8 Å². The van der Waals surface area contributed by atoms with Crippen LogP contribution in [0, 0.1) is 33.3 Å². The highest BCUT2D eigenvalue weighted by molar-refractivity contribution is 7.99. The van der Waals surface area contributed by atoms with Crippen LogP contribution < -0.4 is 0 Å². The van der Waals surface area contributed by atoms with Crippen molar-refractivity contribution in [2.24, 2.45) is 23.2 Å². The van der Waals surface area contributed by atoms with E-state index in [1.165, 1.54) is 18.6 Å². The van der Waals surface area contributed by atoms with Gasteiger partial charge in [0.25, 0.3) is 5.69 Å². The summed E-state index contributed by atoms with van der Waals surface area (Å²) in [5.41, 5.74) is 1.03. The average molecular weight is 576 g/mol. The molecule has 0 spiro atoms. The third kappa shape index (κ3) is 5.57. The van der Waals surface area contributed by atoms with Crippen LogP contribution in [0.3, 0.4) is 0 Å². The van der Waals surface area contributed by atoms with Gasteiger partial charge in [0.05, 0.1) is 11.5 Å². The lowest BCUT2D eigenvalue weighted by atomic mass is 9.50. The van der Waals surface area contributed by atoms with Gasteiger partial charge in [-0.1, -0.05) is 12.1 Å². The quantitative estimate of drug-likeness (QED) is 0.111. The molecule has 13 heteroatoms. The predicted octanol–water partition coefficient (Wildman–Crippen LogP) is 4.47. The van der Waals surface area contributed by atoms with Gasteiger partial charge in [-0.25, -0.2) is 13.2 Å². The number of aryl methyl sites for hydroxylation is 1. The number of non-ortho nitro benzene ring substituents is 1. The van der Waals surface area contributed by atoms with Gasteiger partial charge in [-0.3, -0.25) is 10.1 Å². The minimum absolute atomic E-state index is 0.162. The summed E-state index contributed by atoms with van der Waals surface area (Å²) in [6, 6.07) is 6.86. The van der Waals surface area contributed by atoms with Crippen molar-refractivity contribution < 1.29 is 40.4 Å². The fourth-order valence-corrected chi connectivity index (χ4v) is 9.76. The molecule has 6 aliphatic rings. The first-order valence-corrected chi connectivity index (χ1v) is 15.7. The van der Waals surface area contributed by atoms with Gasteiger partial charge in [0.15, 0.2) is 21.3 Å². The summed E-state index contributed by atoms with van der Waals surface area (Å²) < 4.78 is 67.7. The maximum absolute atomic E-state index is 13.1. The lowest BCUT2D eigenvalue weighted by molar-refractivity contribution is -0.384. The molecular formula is C25H31F2NO8S2. The Labute approximate surface area is 223 Å². The maximum atomic E-state index is 13.1. The molecule has 38 heavy (non-hydrogen) atoms. The number of nitro benzene ring substituents is 1. The van der Waals surface area contributed by atoms with Gasteiger partial charge in [-0.15, -0.1) is 4.18 Å². The number of nitrogens with zero attached hydrogens (tertiary/aromatic N) is 1. The molecule has 1 aromatic rings. The van der Waals surface area contributed by atoms with Crippen molar-refractivity contribution in [3.05, 3.63) is 39.9 Å². The lowest BCUT2D eigenvalue weighted by Gasteiger charge is -2.56. The number of benzene rings is 1. The van der Waals surface area contributed by atoms with Crippen molar-refractivity contribution in [2.45, 2.75) is 74.4 Å². The first kappa shape index (κ1) is 27.7. The van der Waals surface area contributed by atoms with E-state index in [0.717, 1.165) is 56.9 Å². The van der Waals surface area contributed by atoms with Gasteiger partial charge in [0.2, 0.25) is 0 Å². The van der Waals surface area contributed by atoms with Gasteiger partial charge < -0.3 is 9.29 Å². The van der Waals surface area contributed by atoms with E-state index in [-0.39, 0.29) is 38.7 Å². The van der Waals surface area contributed by atoms with E-state index in [2.05, 4.69) is 4.74 Å². The highest BCUT2D eigenvalue weighted by atomic mass is 32.2. The van der Waals surface area contributed by atoms with Gasteiger partial charge in [-0.2, -0.15) is 8.78 Å². The molecule has 2 aliphatic heterocycles. The van der Waals surface area contributed by atoms with Crippen LogP contribution in [-0.2, 0) is 41.4 Å². The smallest absolute Gasteiger partial charge is 0.428 e. The highest BCUT2D eigenvalue weighted by Gasteiger charge is 2.73. The first-order valence-electron chi connectivity index (χ1n) is 13.0. The topological polar surface area (TPSA) is 139 Å². The largest absolute Gasteiger partial charge is 0.743 e. The van der Waals surface area contributed by atoms with E-state index in [1.807, 2.05) is 12.1 Å². The zero-order valence-electron chi connectivity index (χ0n) is 20.8. The Morgan fingerprint density at radius 2 is 1.71 bits per heavy atom. The summed E-state index contributed by atoms with van der Waals surface area (Å²) in [4.78, 5) is 21.6. The standard InChI is InChI=1S/C13H18F2O5S.C12H14NO3S/c14-13(15,21(17,18)19)11(16)20-7-12-4-8-1-9(5-12)3-10(2-8)6-12;14-13(15)11-4-2-10(3-5-11)6-8-12-7-1-9-17(12)16-12/h8-10H,1-7H2,(H,17,18,19);2-5H,1,6-9H2/q;+1/p-1. The number of carbonyl (C=O) groups is 1. The van der Waals surface area contributed by atoms with Crippen LogP contribution >= 0.6 is 0 Å². The van der Waals surface area contributed by atoms with Gasteiger partial charge in [0, 0.05) is 36.8 Å². The number of fused-ring (bicyclic) bond motifs is 1. The number of carbonyl (C=O) groups excluding carboxylic acids is 1. The summed E-state index contributed by atoms with van der Waals surface area (Å²) in [6.07, 6.45) is 10.5. The summed E-state index contributed by atoms with van der Waals surface area (Å²) >= 11 is 0.242. The van der Waals surface area contributed by atoms with Gasteiger partial charge in [-0.05, 0) is 68.3 Å². The third-order valence-electron chi connectivity index (χ3n) is 8.70. The summed E-state index contributed by atoms with van der Waals surface area (Å²) in [7, 11) is -6.04. The molecule has 2 unspecified atom stereocenters. The van der Waals surface area contributed by atoms with Crippen LogP contribution in [0.5, 0.6) is 0 Å². The van der Waals surface area contributed by atoms with E-state index < -0.39 is 21.3 Å². The van der Waals surface area contributed by atoms with Crippen molar-refractivity contribution in [2.75, 3.05) is 12.4 Å². The van der Waals surface area contributed by atoms with Crippen LogP contribution in [0.1, 0.15) is 63.4 Å². The van der Waals surface area contributed by atoms with E-state index >= 15 is 0 Å². The molecule has 7 rings (SSSR count).